The molecule has 0 radical (unpaired) electrons. The molecular formula is C12H14FNO3. The topological polar surface area (TPSA) is 59.4 Å². The predicted octanol–water partition coefficient (Wildman–Crippen LogP) is 2.24. The lowest BCUT2D eigenvalue weighted by molar-refractivity contribution is -0.143. The molecule has 5 heteroatoms. The lowest BCUT2D eigenvalue weighted by Crippen LogP contribution is -2.28. The molecule has 0 bridgehead atoms. The van der Waals surface area contributed by atoms with E-state index in [9.17, 15) is 9.18 Å². The zero-order chi connectivity index (χ0) is 12.3. The lowest BCUT2D eigenvalue weighted by atomic mass is 9.87. The van der Waals surface area contributed by atoms with Gasteiger partial charge in [-0.2, -0.15) is 0 Å². The highest BCUT2D eigenvalue weighted by atomic mass is 19.1. The Labute approximate surface area is 98.4 Å². The number of halogens is 1. The van der Waals surface area contributed by atoms with E-state index in [0.717, 1.165) is 6.20 Å². The van der Waals surface area contributed by atoms with Gasteiger partial charge in [-0.15, -0.1) is 0 Å². The molecule has 1 heterocycles. The predicted molar refractivity (Wildman–Crippen MR) is 58.2 cm³/mol. The van der Waals surface area contributed by atoms with Crippen LogP contribution in [-0.2, 0) is 4.79 Å². The van der Waals surface area contributed by atoms with Crippen molar-refractivity contribution in [2.75, 3.05) is 0 Å². The van der Waals surface area contributed by atoms with Crippen molar-refractivity contribution in [1.82, 2.24) is 4.98 Å². The van der Waals surface area contributed by atoms with Gasteiger partial charge in [-0.3, -0.25) is 4.79 Å². The second-order valence-corrected chi connectivity index (χ2v) is 4.24. The molecule has 1 aromatic heterocycles. The molecule has 1 aromatic rings. The normalized spacial score (nSPS) is 24.3. The van der Waals surface area contributed by atoms with Crippen molar-refractivity contribution in [3.8, 4) is 5.88 Å². The smallest absolute Gasteiger partial charge is 0.306 e. The van der Waals surface area contributed by atoms with Gasteiger partial charge in [-0.1, -0.05) is 0 Å². The third-order valence-electron chi connectivity index (χ3n) is 3.01. The van der Waals surface area contributed by atoms with E-state index in [2.05, 4.69) is 4.98 Å². The average molecular weight is 239 g/mol. The Morgan fingerprint density at radius 1 is 1.35 bits per heavy atom. The maximum absolute atomic E-state index is 12.6. The van der Waals surface area contributed by atoms with Crippen LogP contribution in [0.2, 0.25) is 0 Å². The molecule has 17 heavy (non-hydrogen) atoms. The van der Waals surface area contributed by atoms with Crippen LogP contribution in [0.4, 0.5) is 4.39 Å². The minimum atomic E-state index is -0.733. The zero-order valence-corrected chi connectivity index (χ0v) is 9.30. The summed E-state index contributed by atoms with van der Waals surface area (Å²) in [5.74, 6) is -0.989. The van der Waals surface area contributed by atoms with Crippen LogP contribution in [0.15, 0.2) is 18.3 Å². The number of ether oxygens (including phenoxy) is 1. The molecule has 2 rings (SSSR count). The summed E-state index contributed by atoms with van der Waals surface area (Å²) in [5, 5.41) is 8.85. The third-order valence-corrected chi connectivity index (χ3v) is 3.01. The summed E-state index contributed by atoms with van der Waals surface area (Å²) in [6, 6.07) is 2.78. The number of carboxylic acid groups (broad SMARTS) is 1. The van der Waals surface area contributed by atoms with Crippen LogP contribution in [0.5, 0.6) is 5.88 Å². The number of hydrogen-bond acceptors (Lipinski definition) is 3. The Morgan fingerprint density at radius 3 is 2.59 bits per heavy atom. The summed E-state index contributed by atoms with van der Waals surface area (Å²) in [6.45, 7) is 0. The quantitative estimate of drug-likeness (QED) is 0.878. The van der Waals surface area contributed by atoms with E-state index in [1.54, 1.807) is 0 Å². The Balaban J connectivity index is 1.85. The second kappa shape index (κ2) is 5.12. The van der Waals surface area contributed by atoms with E-state index < -0.39 is 11.8 Å². The fourth-order valence-electron chi connectivity index (χ4n) is 2.03. The van der Waals surface area contributed by atoms with Gasteiger partial charge in [-0.05, 0) is 31.7 Å². The number of nitrogens with zero attached hydrogens (tertiary/aromatic N) is 1. The van der Waals surface area contributed by atoms with Crippen molar-refractivity contribution in [2.24, 2.45) is 5.92 Å². The van der Waals surface area contributed by atoms with Gasteiger partial charge in [0.15, 0.2) is 0 Å². The van der Waals surface area contributed by atoms with Crippen LogP contribution >= 0.6 is 0 Å². The van der Waals surface area contributed by atoms with Gasteiger partial charge in [0.05, 0.1) is 12.1 Å². The molecule has 1 fully saturated rings. The van der Waals surface area contributed by atoms with Crippen LogP contribution in [0, 0.1) is 11.7 Å². The van der Waals surface area contributed by atoms with Crippen molar-refractivity contribution in [3.63, 3.8) is 0 Å². The van der Waals surface area contributed by atoms with Crippen molar-refractivity contribution in [1.29, 1.82) is 0 Å². The van der Waals surface area contributed by atoms with Crippen molar-refractivity contribution >= 4 is 5.97 Å². The summed E-state index contributed by atoms with van der Waals surface area (Å²) in [7, 11) is 0. The van der Waals surface area contributed by atoms with E-state index in [1.165, 1.54) is 12.1 Å². The number of aromatic nitrogens is 1. The molecule has 0 unspecified atom stereocenters. The summed E-state index contributed by atoms with van der Waals surface area (Å²) in [4.78, 5) is 14.6. The van der Waals surface area contributed by atoms with Crippen LogP contribution in [-0.4, -0.2) is 22.2 Å². The molecular weight excluding hydrogens is 225 g/mol. The van der Waals surface area contributed by atoms with E-state index in [0.29, 0.717) is 31.6 Å². The Kier molecular flexibility index (Phi) is 3.56. The van der Waals surface area contributed by atoms with Crippen molar-refractivity contribution in [2.45, 2.75) is 31.8 Å². The minimum absolute atomic E-state index is 0.0106. The monoisotopic (exact) mass is 239 g/mol. The van der Waals surface area contributed by atoms with Gasteiger partial charge in [0, 0.05) is 6.07 Å². The van der Waals surface area contributed by atoms with Gasteiger partial charge in [-0.25, -0.2) is 9.37 Å². The number of pyridine rings is 1. The standard InChI is InChI=1S/C12H14FNO3/c13-9-3-6-11(14-7-9)17-10-4-1-8(2-5-10)12(15)16/h3,6-8,10H,1-2,4-5H2,(H,15,16)/t8-,10-. The van der Waals surface area contributed by atoms with Gasteiger partial charge < -0.3 is 9.84 Å². The second-order valence-electron chi connectivity index (χ2n) is 4.24. The lowest BCUT2D eigenvalue weighted by Gasteiger charge is -2.26. The van der Waals surface area contributed by atoms with Crippen LogP contribution in [0.25, 0.3) is 0 Å². The van der Waals surface area contributed by atoms with Crippen molar-refractivity contribution in [3.05, 3.63) is 24.1 Å². The average Bonchev–Trinajstić information content (AvgIpc) is 2.33. The molecule has 1 aliphatic rings. The number of rotatable bonds is 3. The third kappa shape index (κ3) is 3.15. The van der Waals surface area contributed by atoms with Gasteiger partial charge in [0.25, 0.3) is 0 Å². The summed E-state index contributed by atoms with van der Waals surface area (Å²) in [6.07, 6.45) is 3.76. The van der Waals surface area contributed by atoms with E-state index in [4.69, 9.17) is 9.84 Å². The molecule has 1 N–H and O–H groups in total. The first-order valence-corrected chi connectivity index (χ1v) is 5.66. The Morgan fingerprint density at radius 2 is 2.06 bits per heavy atom. The maximum atomic E-state index is 12.6. The fraction of sp³-hybridized carbons (Fsp3) is 0.500. The van der Waals surface area contributed by atoms with E-state index >= 15 is 0 Å². The highest BCUT2D eigenvalue weighted by Crippen LogP contribution is 2.27. The molecule has 0 spiro atoms. The first-order chi connectivity index (χ1) is 8.15. The number of hydrogen-bond donors (Lipinski definition) is 1. The molecule has 4 nitrogen and oxygen atoms in total. The first-order valence-electron chi connectivity index (χ1n) is 5.66. The number of carbonyl (C=O) groups is 1. The molecule has 0 amide bonds. The largest absolute Gasteiger partial charge is 0.481 e. The minimum Gasteiger partial charge on any atom is -0.481 e. The van der Waals surface area contributed by atoms with E-state index in [-0.39, 0.29) is 12.0 Å². The molecule has 0 aromatic carbocycles. The van der Waals surface area contributed by atoms with Gasteiger partial charge in [0.2, 0.25) is 5.88 Å². The van der Waals surface area contributed by atoms with Crippen molar-refractivity contribution < 1.29 is 19.0 Å². The van der Waals surface area contributed by atoms with Crippen LogP contribution < -0.4 is 4.74 Å². The maximum Gasteiger partial charge on any atom is 0.306 e. The summed E-state index contributed by atoms with van der Waals surface area (Å²) in [5.41, 5.74) is 0. The van der Waals surface area contributed by atoms with Gasteiger partial charge >= 0.3 is 5.97 Å². The SMILES string of the molecule is O=C(O)[C@H]1CC[C@H](Oc2ccc(F)cn2)CC1. The molecule has 92 valence electrons. The van der Waals surface area contributed by atoms with Crippen LogP contribution in [0.3, 0.4) is 0 Å². The Hall–Kier alpha value is -1.65. The highest BCUT2D eigenvalue weighted by molar-refractivity contribution is 5.70. The zero-order valence-electron chi connectivity index (χ0n) is 9.30. The molecule has 1 aliphatic carbocycles. The summed E-state index contributed by atoms with van der Waals surface area (Å²) >= 11 is 0. The van der Waals surface area contributed by atoms with Gasteiger partial charge in [0.1, 0.15) is 11.9 Å². The first kappa shape index (κ1) is 11.8. The summed E-state index contributed by atoms with van der Waals surface area (Å²) < 4.78 is 18.2. The highest BCUT2D eigenvalue weighted by Gasteiger charge is 2.26. The van der Waals surface area contributed by atoms with Crippen LogP contribution in [0.1, 0.15) is 25.7 Å². The molecule has 1 saturated carbocycles. The Bertz CT molecular complexity index is 385. The number of aliphatic carboxylic acids is 1. The number of carboxylic acids is 1. The van der Waals surface area contributed by atoms with E-state index in [1.807, 2.05) is 0 Å². The molecule has 0 aliphatic heterocycles. The molecule has 0 atom stereocenters. The fourth-order valence-corrected chi connectivity index (χ4v) is 2.03. The molecule has 0 saturated heterocycles.